The summed E-state index contributed by atoms with van der Waals surface area (Å²) in [6, 6.07) is 4.88. The van der Waals surface area contributed by atoms with E-state index in [4.69, 9.17) is 9.47 Å². The third-order valence-corrected chi connectivity index (χ3v) is 3.53. The monoisotopic (exact) mass is 282 g/mol. The van der Waals surface area contributed by atoms with Crippen molar-refractivity contribution in [3.05, 3.63) is 30.2 Å². The van der Waals surface area contributed by atoms with Crippen molar-refractivity contribution in [1.29, 1.82) is 0 Å². The van der Waals surface area contributed by atoms with E-state index in [0.717, 1.165) is 15.6 Å². The first-order valence-electron chi connectivity index (χ1n) is 5.77. The summed E-state index contributed by atoms with van der Waals surface area (Å²) in [5.74, 6) is -0.131. The molecular formula is C13H15FN2O2S. The van der Waals surface area contributed by atoms with E-state index in [9.17, 15) is 4.39 Å². The summed E-state index contributed by atoms with van der Waals surface area (Å²) < 4.78 is 23.5. The van der Waals surface area contributed by atoms with Crippen LogP contribution in [-0.4, -0.2) is 32.4 Å². The Kier molecular flexibility index (Phi) is 4.70. The summed E-state index contributed by atoms with van der Waals surface area (Å²) >= 11 is 1.47. The second kappa shape index (κ2) is 6.49. The topological polar surface area (TPSA) is 43.4 Å². The number of aromatic nitrogens is 1. The highest BCUT2D eigenvalue weighted by molar-refractivity contribution is 7.18. The Morgan fingerprint density at radius 1 is 1.37 bits per heavy atom. The Balaban J connectivity index is 2.11. The van der Waals surface area contributed by atoms with Crippen LogP contribution < -0.4 is 10.1 Å². The van der Waals surface area contributed by atoms with Crippen molar-refractivity contribution in [2.45, 2.75) is 0 Å². The molecule has 2 rings (SSSR count). The standard InChI is InChI=1S/C13H15FN2O2S/c1-17-6-5-15-13-16-8-12(19-13)9-3-4-11(18-2)10(14)7-9/h3-4,7-8H,5-6H2,1-2H3,(H,15,16). The predicted octanol–water partition coefficient (Wildman–Crippen LogP) is 3.02. The maximum absolute atomic E-state index is 13.6. The fraction of sp³-hybridized carbons (Fsp3) is 0.308. The Morgan fingerprint density at radius 3 is 2.89 bits per heavy atom. The molecule has 0 saturated heterocycles. The van der Waals surface area contributed by atoms with Gasteiger partial charge in [0.2, 0.25) is 0 Å². The Bertz CT molecular complexity index is 545. The molecular weight excluding hydrogens is 267 g/mol. The largest absolute Gasteiger partial charge is 0.494 e. The van der Waals surface area contributed by atoms with Gasteiger partial charge in [0.15, 0.2) is 16.7 Å². The molecule has 0 aliphatic heterocycles. The quantitative estimate of drug-likeness (QED) is 0.827. The van der Waals surface area contributed by atoms with E-state index in [1.165, 1.54) is 24.5 Å². The van der Waals surface area contributed by atoms with Crippen molar-refractivity contribution in [2.24, 2.45) is 0 Å². The number of ether oxygens (including phenoxy) is 2. The van der Waals surface area contributed by atoms with Crippen LogP contribution in [0.1, 0.15) is 0 Å². The van der Waals surface area contributed by atoms with Crippen LogP contribution in [-0.2, 0) is 4.74 Å². The van der Waals surface area contributed by atoms with Crippen LogP contribution in [0.4, 0.5) is 9.52 Å². The normalized spacial score (nSPS) is 10.5. The molecule has 0 spiro atoms. The van der Waals surface area contributed by atoms with Gasteiger partial charge in [-0.15, -0.1) is 0 Å². The van der Waals surface area contributed by atoms with Gasteiger partial charge in [-0.05, 0) is 23.8 Å². The van der Waals surface area contributed by atoms with Crippen LogP contribution in [0, 0.1) is 5.82 Å². The molecule has 1 N–H and O–H groups in total. The third-order valence-electron chi connectivity index (χ3n) is 2.52. The number of benzene rings is 1. The average molecular weight is 282 g/mol. The molecule has 4 nitrogen and oxygen atoms in total. The summed E-state index contributed by atoms with van der Waals surface area (Å²) in [5, 5.41) is 3.93. The number of hydrogen-bond acceptors (Lipinski definition) is 5. The summed E-state index contributed by atoms with van der Waals surface area (Å²) in [6.45, 7) is 1.31. The lowest BCUT2D eigenvalue weighted by atomic mass is 10.2. The molecule has 0 unspecified atom stereocenters. The number of thiazole rings is 1. The molecule has 1 heterocycles. The van der Waals surface area contributed by atoms with Gasteiger partial charge in [-0.25, -0.2) is 9.37 Å². The minimum Gasteiger partial charge on any atom is -0.494 e. The first kappa shape index (κ1) is 13.8. The van der Waals surface area contributed by atoms with Crippen molar-refractivity contribution in [3.63, 3.8) is 0 Å². The smallest absolute Gasteiger partial charge is 0.183 e. The van der Waals surface area contributed by atoms with Gasteiger partial charge >= 0.3 is 0 Å². The van der Waals surface area contributed by atoms with E-state index in [2.05, 4.69) is 10.3 Å². The van der Waals surface area contributed by atoms with Gasteiger partial charge in [-0.3, -0.25) is 0 Å². The molecule has 0 aliphatic carbocycles. The molecule has 0 aliphatic rings. The van der Waals surface area contributed by atoms with E-state index >= 15 is 0 Å². The van der Waals surface area contributed by atoms with Gasteiger partial charge in [0.05, 0.1) is 18.6 Å². The van der Waals surface area contributed by atoms with Crippen LogP contribution in [0.25, 0.3) is 10.4 Å². The number of anilines is 1. The van der Waals surface area contributed by atoms with Gasteiger partial charge in [-0.2, -0.15) is 0 Å². The Hall–Kier alpha value is -1.66. The highest BCUT2D eigenvalue weighted by Crippen LogP contribution is 2.31. The maximum Gasteiger partial charge on any atom is 0.183 e. The predicted molar refractivity (Wildman–Crippen MR) is 74.4 cm³/mol. The van der Waals surface area contributed by atoms with E-state index in [1.807, 2.05) is 6.07 Å². The van der Waals surface area contributed by atoms with E-state index in [1.54, 1.807) is 19.4 Å². The third kappa shape index (κ3) is 3.42. The maximum atomic E-state index is 13.6. The molecule has 6 heteroatoms. The van der Waals surface area contributed by atoms with E-state index < -0.39 is 0 Å². The van der Waals surface area contributed by atoms with Gasteiger partial charge < -0.3 is 14.8 Å². The van der Waals surface area contributed by atoms with Gasteiger partial charge in [-0.1, -0.05) is 11.3 Å². The molecule has 0 amide bonds. The molecule has 1 aromatic heterocycles. The zero-order valence-electron chi connectivity index (χ0n) is 10.8. The molecule has 0 bridgehead atoms. The minimum atomic E-state index is -0.373. The summed E-state index contributed by atoms with van der Waals surface area (Å²) in [4.78, 5) is 5.14. The lowest BCUT2D eigenvalue weighted by molar-refractivity contribution is 0.211. The van der Waals surface area contributed by atoms with E-state index in [-0.39, 0.29) is 11.6 Å². The average Bonchev–Trinajstić information content (AvgIpc) is 2.88. The molecule has 0 atom stereocenters. The van der Waals surface area contributed by atoms with E-state index in [0.29, 0.717) is 13.2 Å². The fourth-order valence-corrected chi connectivity index (χ4v) is 2.41. The summed E-state index contributed by atoms with van der Waals surface area (Å²) in [6.07, 6.45) is 1.72. The number of halogens is 1. The number of rotatable bonds is 6. The highest BCUT2D eigenvalue weighted by Gasteiger charge is 2.08. The number of methoxy groups -OCH3 is 2. The van der Waals surface area contributed by atoms with Crippen molar-refractivity contribution in [2.75, 3.05) is 32.7 Å². The lowest BCUT2D eigenvalue weighted by Crippen LogP contribution is -2.06. The van der Waals surface area contributed by atoms with Crippen LogP contribution in [0.3, 0.4) is 0 Å². The van der Waals surface area contributed by atoms with Gasteiger partial charge in [0.25, 0.3) is 0 Å². The van der Waals surface area contributed by atoms with Crippen molar-refractivity contribution < 1.29 is 13.9 Å². The van der Waals surface area contributed by atoms with Crippen molar-refractivity contribution in [3.8, 4) is 16.2 Å². The zero-order valence-corrected chi connectivity index (χ0v) is 11.6. The Morgan fingerprint density at radius 2 is 2.21 bits per heavy atom. The van der Waals surface area contributed by atoms with Crippen molar-refractivity contribution in [1.82, 2.24) is 4.98 Å². The minimum absolute atomic E-state index is 0.242. The summed E-state index contributed by atoms with van der Waals surface area (Å²) in [7, 11) is 3.09. The van der Waals surface area contributed by atoms with Crippen LogP contribution >= 0.6 is 11.3 Å². The number of nitrogens with zero attached hydrogens (tertiary/aromatic N) is 1. The second-order valence-corrected chi connectivity index (χ2v) is 4.83. The highest BCUT2D eigenvalue weighted by atomic mass is 32.1. The number of nitrogens with one attached hydrogen (secondary N) is 1. The first-order valence-corrected chi connectivity index (χ1v) is 6.59. The second-order valence-electron chi connectivity index (χ2n) is 3.80. The zero-order chi connectivity index (χ0) is 13.7. The summed E-state index contributed by atoms with van der Waals surface area (Å²) in [5.41, 5.74) is 0.788. The van der Waals surface area contributed by atoms with Crippen molar-refractivity contribution >= 4 is 16.5 Å². The van der Waals surface area contributed by atoms with Crippen LogP contribution in [0.2, 0.25) is 0 Å². The first-order chi connectivity index (χ1) is 9.24. The van der Waals surface area contributed by atoms with Gasteiger partial charge in [0, 0.05) is 19.9 Å². The van der Waals surface area contributed by atoms with Crippen LogP contribution in [0.5, 0.6) is 5.75 Å². The molecule has 1 aromatic carbocycles. The lowest BCUT2D eigenvalue weighted by Gasteiger charge is -2.03. The Labute approximate surface area is 115 Å². The molecule has 0 radical (unpaired) electrons. The number of hydrogen-bond donors (Lipinski definition) is 1. The van der Waals surface area contributed by atoms with Gasteiger partial charge in [0.1, 0.15) is 0 Å². The van der Waals surface area contributed by atoms with Crippen LogP contribution in [0.15, 0.2) is 24.4 Å². The molecule has 2 aromatic rings. The molecule has 0 fully saturated rings. The molecule has 102 valence electrons. The fourth-order valence-electron chi connectivity index (χ4n) is 1.57. The molecule has 0 saturated carbocycles. The molecule has 19 heavy (non-hydrogen) atoms. The SMILES string of the molecule is COCCNc1ncc(-c2ccc(OC)c(F)c2)s1.